The Hall–Kier alpha value is -1.08. The Bertz CT molecular complexity index is 495. The van der Waals surface area contributed by atoms with Crippen LogP contribution in [0.4, 0.5) is 0 Å². The van der Waals surface area contributed by atoms with Gasteiger partial charge in [-0.3, -0.25) is 9.89 Å². The van der Waals surface area contributed by atoms with E-state index in [1.807, 2.05) is 0 Å². The van der Waals surface area contributed by atoms with Gasteiger partial charge in [0.1, 0.15) is 4.90 Å². The number of amides is 1. The molecule has 1 amide bonds. The zero-order chi connectivity index (χ0) is 12.3. The zero-order valence-electron chi connectivity index (χ0n) is 8.87. The summed E-state index contributed by atoms with van der Waals surface area (Å²) in [5, 5.41) is 8.63. The minimum Gasteiger partial charge on any atom is -0.351 e. The molecule has 0 aliphatic rings. The van der Waals surface area contributed by atoms with Gasteiger partial charge in [0.25, 0.3) is 15.0 Å². The van der Waals surface area contributed by atoms with Gasteiger partial charge in [-0.1, -0.05) is 6.92 Å². The normalized spacial score (nSPS) is 11.4. The molecule has 0 fully saturated rings. The standard InChI is InChI=1S/C8H12ClN3O3S/c1-3-5-7(16(9,14)15)6(12-11-5)8(13)10-4-2/h3-4H2,1-2H3,(H,10,13)(H,11,12). The van der Waals surface area contributed by atoms with E-state index in [0.29, 0.717) is 18.7 Å². The first-order valence-electron chi connectivity index (χ1n) is 4.71. The van der Waals surface area contributed by atoms with Gasteiger partial charge >= 0.3 is 0 Å². The molecule has 0 aliphatic carbocycles. The quantitative estimate of drug-likeness (QED) is 0.782. The predicted octanol–water partition coefficient (Wildman–Crippen LogP) is 0.649. The van der Waals surface area contributed by atoms with Crippen LogP contribution in [0, 0.1) is 0 Å². The Morgan fingerprint density at radius 3 is 2.56 bits per heavy atom. The van der Waals surface area contributed by atoms with E-state index in [1.165, 1.54) is 0 Å². The van der Waals surface area contributed by atoms with Crippen LogP contribution in [-0.4, -0.2) is 31.1 Å². The number of carbonyl (C=O) groups excluding carboxylic acids is 1. The minimum absolute atomic E-state index is 0.186. The second kappa shape index (κ2) is 4.84. The number of aromatic amines is 1. The smallest absolute Gasteiger partial charge is 0.273 e. The highest BCUT2D eigenvalue weighted by atomic mass is 35.7. The Morgan fingerprint density at radius 1 is 1.50 bits per heavy atom. The SMILES string of the molecule is CCNC(=O)c1n[nH]c(CC)c1S(=O)(=O)Cl. The fourth-order valence-corrected chi connectivity index (χ4v) is 2.62. The zero-order valence-corrected chi connectivity index (χ0v) is 10.4. The second-order valence-corrected chi connectivity index (χ2v) is 5.53. The topological polar surface area (TPSA) is 91.9 Å². The van der Waals surface area contributed by atoms with Crippen LogP contribution in [0.15, 0.2) is 4.90 Å². The lowest BCUT2D eigenvalue weighted by Crippen LogP contribution is -2.24. The van der Waals surface area contributed by atoms with Crippen molar-refractivity contribution in [3.63, 3.8) is 0 Å². The van der Waals surface area contributed by atoms with Crippen LogP contribution in [0.1, 0.15) is 30.0 Å². The highest BCUT2D eigenvalue weighted by molar-refractivity contribution is 8.13. The first-order chi connectivity index (χ1) is 7.41. The highest BCUT2D eigenvalue weighted by Crippen LogP contribution is 2.22. The van der Waals surface area contributed by atoms with Gasteiger partial charge in [-0.15, -0.1) is 0 Å². The Kier molecular flexibility index (Phi) is 3.93. The molecular weight excluding hydrogens is 254 g/mol. The van der Waals surface area contributed by atoms with Crippen molar-refractivity contribution in [2.45, 2.75) is 25.2 Å². The Balaban J connectivity index is 3.31. The fraction of sp³-hybridized carbons (Fsp3) is 0.500. The van der Waals surface area contributed by atoms with Gasteiger partial charge in [0, 0.05) is 17.2 Å². The molecule has 0 radical (unpaired) electrons. The van der Waals surface area contributed by atoms with Crippen LogP contribution in [0.2, 0.25) is 0 Å². The summed E-state index contributed by atoms with van der Waals surface area (Å²) in [5.41, 5.74) is 0.143. The van der Waals surface area contributed by atoms with E-state index in [9.17, 15) is 13.2 Å². The summed E-state index contributed by atoms with van der Waals surface area (Å²) in [4.78, 5) is 11.3. The lowest BCUT2D eigenvalue weighted by atomic mass is 10.3. The molecule has 0 bridgehead atoms. The Morgan fingerprint density at radius 2 is 2.12 bits per heavy atom. The summed E-state index contributed by atoms with van der Waals surface area (Å²) in [7, 11) is 1.29. The average Bonchev–Trinajstić information content (AvgIpc) is 2.60. The molecule has 16 heavy (non-hydrogen) atoms. The molecule has 0 saturated heterocycles. The molecule has 1 rings (SSSR count). The van der Waals surface area contributed by atoms with Crippen LogP contribution < -0.4 is 5.32 Å². The number of carbonyl (C=O) groups is 1. The molecule has 1 aromatic rings. The Labute approximate surface area is 97.8 Å². The minimum atomic E-state index is -3.98. The van der Waals surface area contributed by atoms with Crippen molar-refractivity contribution in [1.82, 2.24) is 15.5 Å². The molecule has 6 nitrogen and oxygen atoms in total. The van der Waals surface area contributed by atoms with Crippen molar-refractivity contribution in [1.29, 1.82) is 0 Å². The number of halogens is 1. The summed E-state index contributed by atoms with van der Waals surface area (Å²) < 4.78 is 22.7. The molecule has 0 unspecified atom stereocenters. The molecule has 0 spiro atoms. The third-order valence-electron chi connectivity index (χ3n) is 1.94. The highest BCUT2D eigenvalue weighted by Gasteiger charge is 2.27. The maximum absolute atomic E-state index is 11.5. The van der Waals surface area contributed by atoms with E-state index in [0.717, 1.165) is 0 Å². The van der Waals surface area contributed by atoms with Crippen molar-refractivity contribution in [3.05, 3.63) is 11.4 Å². The van der Waals surface area contributed by atoms with Gasteiger partial charge in [-0.05, 0) is 13.3 Å². The number of aromatic nitrogens is 2. The van der Waals surface area contributed by atoms with Gasteiger partial charge in [0.05, 0.1) is 5.69 Å². The molecule has 2 N–H and O–H groups in total. The first-order valence-corrected chi connectivity index (χ1v) is 7.02. The van der Waals surface area contributed by atoms with Crippen molar-refractivity contribution < 1.29 is 13.2 Å². The van der Waals surface area contributed by atoms with Gasteiger partial charge in [0.2, 0.25) is 0 Å². The first kappa shape index (κ1) is 13.0. The number of H-pyrrole nitrogens is 1. The largest absolute Gasteiger partial charge is 0.351 e. The summed E-state index contributed by atoms with van der Waals surface area (Å²) in [6, 6.07) is 0. The number of rotatable bonds is 4. The van der Waals surface area contributed by atoms with Gasteiger partial charge in [-0.2, -0.15) is 5.10 Å². The molecule has 0 aliphatic heterocycles. The van der Waals surface area contributed by atoms with Crippen LogP contribution in [0.3, 0.4) is 0 Å². The lowest BCUT2D eigenvalue weighted by Gasteiger charge is -2.01. The maximum atomic E-state index is 11.5. The number of hydrogen-bond donors (Lipinski definition) is 2. The predicted molar refractivity (Wildman–Crippen MR) is 59.0 cm³/mol. The van der Waals surface area contributed by atoms with E-state index in [2.05, 4.69) is 15.5 Å². The second-order valence-electron chi connectivity index (χ2n) is 3.03. The van der Waals surface area contributed by atoms with Crippen molar-refractivity contribution in [2.75, 3.05) is 6.54 Å². The van der Waals surface area contributed by atoms with Crippen LogP contribution in [0.25, 0.3) is 0 Å². The van der Waals surface area contributed by atoms with Gasteiger partial charge in [-0.25, -0.2) is 8.42 Å². The number of nitrogens with one attached hydrogen (secondary N) is 2. The van der Waals surface area contributed by atoms with E-state index in [1.54, 1.807) is 13.8 Å². The van der Waals surface area contributed by atoms with E-state index < -0.39 is 15.0 Å². The summed E-state index contributed by atoms with van der Waals surface area (Å²) in [6.45, 7) is 3.84. The summed E-state index contributed by atoms with van der Waals surface area (Å²) in [5.74, 6) is -0.558. The fourth-order valence-electron chi connectivity index (χ4n) is 1.27. The average molecular weight is 266 g/mol. The molecule has 0 atom stereocenters. The number of hydrogen-bond acceptors (Lipinski definition) is 4. The van der Waals surface area contributed by atoms with Crippen LogP contribution in [0.5, 0.6) is 0 Å². The lowest BCUT2D eigenvalue weighted by molar-refractivity contribution is 0.0947. The molecule has 1 aromatic heterocycles. The summed E-state index contributed by atoms with van der Waals surface area (Å²) >= 11 is 0. The van der Waals surface area contributed by atoms with E-state index in [-0.39, 0.29) is 10.6 Å². The van der Waals surface area contributed by atoms with Crippen molar-refractivity contribution in [2.24, 2.45) is 0 Å². The molecule has 90 valence electrons. The van der Waals surface area contributed by atoms with E-state index in [4.69, 9.17) is 10.7 Å². The van der Waals surface area contributed by atoms with E-state index >= 15 is 0 Å². The van der Waals surface area contributed by atoms with Crippen LogP contribution >= 0.6 is 10.7 Å². The number of nitrogens with zero attached hydrogens (tertiary/aromatic N) is 1. The number of aryl methyl sites for hydroxylation is 1. The molecule has 8 heteroatoms. The third kappa shape index (κ3) is 2.53. The summed E-state index contributed by atoms with van der Waals surface area (Å²) in [6.07, 6.45) is 0.397. The monoisotopic (exact) mass is 265 g/mol. The molecule has 0 saturated carbocycles. The van der Waals surface area contributed by atoms with Crippen molar-refractivity contribution in [3.8, 4) is 0 Å². The maximum Gasteiger partial charge on any atom is 0.273 e. The van der Waals surface area contributed by atoms with Gasteiger partial charge in [0.15, 0.2) is 5.69 Å². The third-order valence-corrected chi connectivity index (χ3v) is 3.33. The molecule has 0 aromatic carbocycles. The molecule has 1 heterocycles. The molecular formula is C8H12ClN3O3S. The van der Waals surface area contributed by atoms with Gasteiger partial charge < -0.3 is 5.32 Å². The van der Waals surface area contributed by atoms with Crippen LogP contribution in [-0.2, 0) is 15.5 Å². The van der Waals surface area contributed by atoms with Crippen molar-refractivity contribution >= 4 is 25.6 Å².